The van der Waals surface area contributed by atoms with Crippen LogP contribution in [-0.2, 0) is 0 Å². The number of hydrogen-bond acceptors (Lipinski definition) is 3. The lowest BCUT2D eigenvalue weighted by Gasteiger charge is -2.33. The number of hydrogen-bond donors (Lipinski definition) is 3. The van der Waals surface area contributed by atoms with E-state index in [0.717, 1.165) is 26.1 Å². The van der Waals surface area contributed by atoms with E-state index in [1.165, 1.54) is 12.8 Å². The Kier molecular flexibility index (Phi) is 2.35. The summed E-state index contributed by atoms with van der Waals surface area (Å²) in [5, 5.41) is 16.2. The maximum Gasteiger partial charge on any atom is 0.0616 e. The van der Waals surface area contributed by atoms with E-state index in [1.54, 1.807) is 0 Å². The van der Waals surface area contributed by atoms with E-state index in [9.17, 15) is 5.11 Å². The molecule has 2 rings (SSSR count). The summed E-state index contributed by atoms with van der Waals surface area (Å²) in [5.74, 6) is 0.644. The molecule has 0 aromatic carbocycles. The van der Waals surface area contributed by atoms with E-state index in [-0.39, 0.29) is 5.54 Å². The number of aliphatic hydroxyl groups is 1. The van der Waals surface area contributed by atoms with Crippen LogP contribution in [0, 0.1) is 5.92 Å². The Balaban J connectivity index is 2.04. The summed E-state index contributed by atoms with van der Waals surface area (Å²) >= 11 is 0. The molecule has 0 aromatic rings. The largest absolute Gasteiger partial charge is 0.394 e. The standard InChI is InChI=1S/C9H18N2O/c12-7-9(3-1-4-11-9)8-2-5-10-6-8/h8,10-12H,1-7H2. The predicted molar refractivity (Wildman–Crippen MR) is 48.0 cm³/mol. The lowest BCUT2D eigenvalue weighted by Crippen LogP contribution is -2.50. The van der Waals surface area contributed by atoms with Crippen molar-refractivity contribution in [3.05, 3.63) is 0 Å². The molecule has 2 aliphatic heterocycles. The van der Waals surface area contributed by atoms with E-state index in [0.29, 0.717) is 12.5 Å². The van der Waals surface area contributed by atoms with Crippen LogP contribution < -0.4 is 10.6 Å². The van der Waals surface area contributed by atoms with Crippen molar-refractivity contribution in [2.75, 3.05) is 26.2 Å². The molecular formula is C9H18N2O. The van der Waals surface area contributed by atoms with Gasteiger partial charge in [-0.3, -0.25) is 0 Å². The Hall–Kier alpha value is -0.120. The van der Waals surface area contributed by atoms with Gasteiger partial charge in [0.15, 0.2) is 0 Å². The highest BCUT2D eigenvalue weighted by Crippen LogP contribution is 2.31. The van der Waals surface area contributed by atoms with Gasteiger partial charge in [-0.1, -0.05) is 0 Å². The number of rotatable bonds is 2. The van der Waals surface area contributed by atoms with Crippen molar-refractivity contribution >= 4 is 0 Å². The highest BCUT2D eigenvalue weighted by atomic mass is 16.3. The zero-order valence-electron chi connectivity index (χ0n) is 7.47. The van der Waals surface area contributed by atoms with Crippen LogP contribution in [0.1, 0.15) is 19.3 Å². The number of aliphatic hydroxyl groups excluding tert-OH is 1. The van der Waals surface area contributed by atoms with Crippen LogP contribution in [0.4, 0.5) is 0 Å². The van der Waals surface area contributed by atoms with E-state index in [1.807, 2.05) is 0 Å². The van der Waals surface area contributed by atoms with E-state index in [2.05, 4.69) is 10.6 Å². The molecule has 70 valence electrons. The second-order valence-corrected chi connectivity index (χ2v) is 4.03. The van der Waals surface area contributed by atoms with Crippen molar-refractivity contribution in [2.24, 2.45) is 5.92 Å². The van der Waals surface area contributed by atoms with Gasteiger partial charge in [0.1, 0.15) is 0 Å². The highest BCUT2D eigenvalue weighted by Gasteiger charge is 2.41. The van der Waals surface area contributed by atoms with Gasteiger partial charge < -0.3 is 15.7 Å². The Bertz CT molecular complexity index is 149. The van der Waals surface area contributed by atoms with Crippen molar-refractivity contribution in [1.29, 1.82) is 0 Å². The van der Waals surface area contributed by atoms with Crippen molar-refractivity contribution in [2.45, 2.75) is 24.8 Å². The van der Waals surface area contributed by atoms with Gasteiger partial charge in [0.25, 0.3) is 0 Å². The maximum atomic E-state index is 9.39. The van der Waals surface area contributed by atoms with E-state index in [4.69, 9.17) is 0 Å². The highest BCUT2D eigenvalue weighted by molar-refractivity contribution is 5.00. The molecular weight excluding hydrogens is 152 g/mol. The van der Waals surface area contributed by atoms with Crippen molar-refractivity contribution in [3.8, 4) is 0 Å². The molecule has 2 unspecified atom stereocenters. The van der Waals surface area contributed by atoms with Gasteiger partial charge >= 0.3 is 0 Å². The van der Waals surface area contributed by atoms with Gasteiger partial charge in [0.2, 0.25) is 0 Å². The molecule has 3 N–H and O–H groups in total. The molecule has 2 heterocycles. The molecule has 2 aliphatic rings. The average molecular weight is 170 g/mol. The first-order valence-electron chi connectivity index (χ1n) is 4.94. The average Bonchev–Trinajstić information content (AvgIpc) is 2.76. The van der Waals surface area contributed by atoms with Gasteiger partial charge in [0, 0.05) is 5.54 Å². The van der Waals surface area contributed by atoms with Crippen LogP contribution in [0.2, 0.25) is 0 Å². The summed E-state index contributed by atoms with van der Waals surface area (Å²) in [5.41, 5.74) is 0.0590. The SMILES string of the molecule is OCC1(C2CCNC2)CCCN1. The minimum atomic E-state index is 0.0590. The van der Waals surface area contributed by atoms with Crippen molar-refractivity contribution < 1.29 is 5.11 Å². The zero-order valence-corrected chi connectivity index (χ0v) is 7.47. The molecule has 0 spiro atoms. The minimum Gasteiger partial charge on any atom is -0.394 e. The second kappa shape index (κ2) is 3.32. The molecule has 0 aromatic heterocycles. The molecule has 0 aliphatic carbocycles. The molecule has 2 fully saturated rings. The Morgan fingerprint density at radius 1 is 1.42 bits per heavy atom. The molecule has 3 nitrogen and oxygen atoms in total. The first-order chi connectivity index (χ1) is 5.87. The lowest BCUT2D eigenvalue weighted by atomic mass is 9.82. The summed E-state index contributed by atoms with van der Waals surface area (Å²) < 4.78 is 0. The molecule has 0 amide bonds. The van der Waals surface area contributed by atoms with Crippen LogP contribution in [0.25, 0.3) is 0 Å². The first-order valence-corrected chi connectivity index (χ1v) is 4.94. The number of nitrogens with one attached hydrogen (secondary N) is 2. The summed E-state index contributed by atoms with van der Waals surface area (Å²) in [6.07, 6.45) is 3.58. The minimum absolute atomic E-state index is 0.0590. The Morgan fingerprint density at radius 2 is 2.33 bits per heavy atom. The molecule has 0 saturated carbocycles. The fourth-order valence-electron chi connectivity index (χ4n) is 2.57. The summed E-state index contributed by atoms with van der Waals surface area (Å²) in [7, 11) is 0. The van der Waals surface area contributed by atoms with E-state index >= 15 is 0 Å². The quantitative estimate of drug-likeness (QED) is 0.533. The fourth-order valence-corrected chi connectivity index (χ4v) is 2.57. The third-order valence-corrected chi connectivity index (χ3v) is 3.40. The van der Waals surface area contributed by atoms with Gasteiger partial charge in [-0.05, 0) is 44.8 Å². The van der Waals surface area contributed by atoms with Crippen LogP contribution in [0.3, 0.4) is 0 Å². The normalized spacial score (nSPS) is 42.2. The van der Waals surface area contributed by atoms with Crippen LogP contribution >= 0.6 is 0 Å². The first kappa shape index (κ1) is 8.48. The van der Waals surface area contributed by atoms with Gasteiger partial charge in [-0.15, -0.1) is 0 Å². The zero-order chi connectivity index (χ0) is 8.44. The molecule has 2 atom stereocenters. The molecule has 0 bridgehead atoms. The van der Waals surface area contributed by atoms with Gasteiger partial charge in [0.05, 0.1) is 6.61 Å². The monoisotopic (exact) mass is 170 g/mol. The molecule has 0 radical (unpaired) electrons. The third-order valence-electron chi connectivity index (χ3n) is 3.40. The van der Waals surface area contributed by atoms with Gasteiger partial charge in [-0.2, -0.15) is 0 Å². The van der Waals surface area contributed by atoms with Crippen LogP contribution in [-0.4, -0.2) is 36.9 Å². The Labute approximate surface area is 73.5 Å². The maximum absolute atomic E-state index is 9.39. The van der Waals surface area contributed by atoms with Crippen molar-refractivity contribution in [1.82, 2.24) is 10.6 Å². The van der Waals surface area contributed by atoms with E-state index < -0.39 is 0 Å². The molecule has 12 heavy (non-hydrogen) atoms. The second-order valence-electron chi connectivity index (χ2n) is 4.03. The predicted octanol–water partition coefficient (Wildman–Crippen LogP) is -0.290. The van der Waals surface area contributed by atoms with Crippen LogP contribution in [0.15, 0.2) is 0 Å². The topological polar surface area (TPSA) is 44.3 Å². The molecule has 3 heteroatoms. The smallest absolute Gasteiger partial charge is 0.0616 e. The lowest BCUT2D eigenvalue weighted by molar-refractivity contribution is 0.128. The van der Waals surface area contributed by atoms with Crippen LogP contribution in [0.5, 0.6) is 0 Å². The molecule has 2 saturated heterocycles. The third kappa shape index (κ3) is 1.26. The van der Waals surface area contributed by atoms with Crippen molar-refractivity contribution in [3.63, 3.8) is 0 Å². The summed E-state index contributed by atoms with van der Waals surface area (Å²) in [6.45, 7) is 3.58. The fraction of sp³-hybridized carbons (Fsp3) is 1.00. The van der Waals surface area contributed by atoms with Gasteiger partial charge in [-0.25, -0.2) is 0 Å². The summed E-state index contributed by atoms with van der Waals surface area (Å²) in [6, 6.07) is 0. The summed E-state index contributed by atoms with van der Waals surface area (Å²) in [4.78, 5) is 0. The Morgan fingerprint density at radius 3 is 2.83 bits per heavy atom.